The predicted octanol–water partition coefficient (Wildman–Crippen LogP) is 2.08. The number of piperidine rings is 1. The summed E-state index contributed by atoms with van der Waals surface area (Å²) < 4.78 is 1.15. The molecule has 17 heavy (non-hydrogen) atoms. The number of anilines is 1. The molecule has 0 unspecified atom stereocenters. The molecule has 0 spiro atoms. The van der Waals surface area contributed by atoms with Crippen molar-refractivity contribution >= 4 is 43.6 Å². The summed E-state index contributed by atoms with van der Waals surface area (Å²) in [6, 6.07) is -0.124. The Labute approximate surface area is 116 Å². The largest absolute Gasteiger partial charge is 0.307 e. The van der Waals surface area contributed by atoms with E-state index in [2.05, 4.69) is 52.5 Å². The Morgan fingerprint density at radius 2 is 2.29 bits per heavy atom. The van der Waals surface area contributed by atoms with Crippen LogP contribution in [0.25, 0.3) is 0 Å². The summed E-state index contributed by atoms with van der Waals surface area (Å²) >= 11 is 6.47. The number of carbonyl (C=O) groups excluding carboxylic acids is 1. The van der Waals surface area contributed by atoms with Crippen LogP contribution in [0.1, 0.15) is 19.3 Å². The number of nitrogens with zero attached hydrogens (tertiary/aromatic N) is 2. The molecule has 1 aliphatic heterocycles. The third-order valence-electron chi connectivity index (χ3n) is 2.57. The maximum Gasteiger partial charge on any atom is 0.242 e. The first kappa shape index (κ1) is 12.9. The van der Waals surface area contributed by atoms with Crippen molar-refractivity contribution in [2.24, 2.45) is 0 Å². The molecule has 1 fully saturated rings. The lowest BCUT2D eigenvalue weighted by molar-refractivity contribution is -0.118. The standard InChI is InChI=1S/C10H12Br2N4O/c11-7-5-14-9(8(12)15-7)16-10(17)6-3-1-2-4-13-6/h5-6,13H,1-4H2,(H,14,16,17)/t6-/m0/s1. The average Bonchev–Trinajstić information content (AvgIpc) is 2.34. The van der Waals surface area contributed by atoms with Gasteiger partial charge in [0.25, 0.3) is 0 Å². The van der Waals surface area contributed by atoms with Gasteiger partial charge in [0.05, 0.1) is 12.2 Å². The first-order valence-electron chi connectivity index (χ1n) is 5.39. The smallest absolute Gasteiger partial charge is 0.242 e. The number of amides is 1. The van der Waals surface area contributed by atoms with E-state index in [-0.39, 0.29) is 11.9 Å². The third kappa shape index (κ3) is 3.46. The normalized spacial score (nSPS) is 20.0. The fraction of sp³-hybridized carbons (Fsp3) is 0.500. The van der Waals surface area contributed by atoms with E-state index >= 15 is 0 Å². The second kappa shape index (κ2) is 5.88. The topological polar surface area (TPSA) is 66.9 Å². The number of hydrogen-bond acceptors (Lipinski definition) is 4. The quantitative estimate of drug-likeness (QED) is 0.844. The number of aromatic nitrogens is 2. The van der Waals surface area contributed by atoms with E-state index in [1.807, 2.05) is 0 Å². The predicted molar refractivity (Wildman–Crippen MR) is 71.7 cm³/mol. The molecule has 1 aromatic heterocycles. The van der Waals surface area contributed by atoms with Crippen molar-refractivity contribution in [2.75, 3.05) is 11.9 Å². The molecule has 1 atom stereocenters. The second-order valence-corrected chi connectivity index (χ2v) is 5.39. The summed E-state index contributed by atoms with van der Waals surface area (Å²) in [7, 11) is 0. The van der Waals surface area contributed by atoms with Gasteiger partial charge in [0.2, 0.25) is 5.91 Å². The molecular weight excluding hydrogens is 352 g/mol. The first-order chi connectivity index (χ1) is 8.16. The van der Waals surface area contributed by atoms with Crippen molar-refractivity contribution in [1.29, 1.82) is 0 Å². The first-order valence-corrected chi connectivity index (χ1v) is 6.97. The maximum atomic E-state index is 11.9. The Kier molecular flexibility index (Phi) is 4.47. The van der Waals surface area contributed by atoms with Crippen LogP contribution >= 0.6 is 31.9 Å². The Bertz CT molecular complexity index is 421. The van der Waals surface area contributed by atoms with Crippen molar-refractivity contribution < 1.29 is 4.79 Å². The lowest BCUT2D eigenvalue weighted by Gasteiger charge is -2.22. The summed E-state index contributed by atoms with van der Waals surface area (Å²) in [6.45, 7) is 0.894. The lowest BCUT2D eigenvalue weighted by Crippen LogP contribution is -2.43. The molecule has 0 saturated carbocycles. The Hall–Kier alpha value is -0.530. The molecule has 0 radical (unpaired) electrons. The molecule has 0 bridgehead atoms. The van der Waals surface area contributed by atoms with Gasteiger partial charge in [-0.25, -0.2) is 9.97 Å². The molecule has 1 saturated heterocycles. The molecule has 1 aromatic rings. The molecule has 7 heteroatoms. The van der Waals surface area contributed by atoms with Gasteiger partial charge < -0.3 is 10.6 Å². The van der Waals surface area contributed by atoms with E-state index in [0.29, 0.717) is 15.0 Å². The Balaban J connectivity index is 2.02. The number of hydrogen-bond donors (Lipinski definition) is 2. The van der Waals surface area contributed by atoms with Crippen LogP contribution in [0.4, 0.5) is 5.82 Å². The minimum atomic E-state index is -0.124. The molecule has 2 heterocycles. The molecule has 2 rings (SSSR count). The van der Waals surface area contributed by atoms with Crippen LogP contribution < -0.4 is 10.6 Å². The minimum Gasteiger partial charge on any atom is -0.307 e. The minimum absolute atomic E-state index is 0.0537. The van der Waals surface area contributed by atoms with Crippen LogP contribution in [0.15, 0.2) is 15.4 Å². The average molecular weight is 364 g/mol. The molecule has 92 valence electrons. The number of halogens is 2. The van der Waals surface area contributed by atoms with Gasteiger partial charge in [0.15, 0.2) is 5.82 Å². The van der Waals surface area contributed by atoms with Crippen LogP contribution in [0.2, 0.25) is 0 Å². The maximum absolute atomic E-state index is 11.9. The Morgan fingerprint density at radius 3 is 2.94 bits per heavy atom. The zero-order valence-corrected chi connectivity index (χ0v) is 12.2. The lowest BCUT2D eigenvalue weighted by atomic mass is 10.0. The van der Waals surface area contributed by atoms with E-state index in [9.17, 15) is 4.79 Å². The van der Waals surface area contributed by atoms with Crippen molar-refractivity contribution in [3.05, 3.63) is 15.4 Å². The Morgan fingerprint density at radius 1 is 1.47 bits per heavy atom. The molecule has 1 amide bonds. The molecule has 0 aliphatic carbocycles. The van der Waals surface area contributed by atoms with Crippen LogP contribution in [-0.4, -0.2) is 28.5 Å². The van der Waals surface area contributed by atoms with Gasteiger partial charge in [-0.3, -0.25) is 4.79 Å². The van der Waals surface area contributed by atoms with Crippen molar-refractivity contribution in [2.45, 2.75) is 25.3 Å². The highest BCUT2D eigenvalue weighted by molar-refractivity contribution is 9.11. The van der Waals surface area contributed by atoms with Gasteiger partial charge in [-0.05, 0) is 51.2 Å². The van der Waals surface area contributed by atoms with E-state index in [1.165, 1.54) is 0 Å². The van der Waals surface area contributed by atoms with Crippen molar-refractivity contribution in [3.8, 4) is 0 Å². The van der Waals surface area contributed by atoms with Gasteiger partial charge in [0.1, 0.15) is 9.21 Å². The van der Waals surface area contributed by atoms with Gasteiger partial charge in [0, 0.05) is 0 Å². The number of nitrogens with one attached hydrogen (secondary N) is 2. The SMILES string of the molecule is O=C(Nc1ncc(Br)nc1Br)[C@@H]1CCCCN1. The number of rotatable bonds is 2. The van der Waals surface area contributed by atoms with Gasteiger partial charge >= 0.3 is 0 Å². The van der Waals surface area contributed by atoms with E-state index in [4.69, 9.17) is 0 Å². The van der Waals surface area contributed by atoms with E-state index < -0.39 is 0 Å². The molecular formula is C10H12Br2N4O. The number of carbonyl (C=O) groups is 1. The van der Waals surface area contributed by atoms with Crippen LogP contribution in [0.3, 0.4) is 0 Å². The zero-order chi connectivity index (χ0) is 12.3. The van der Waals surface area contributed by atoms with Crippen LogP contribution in [0, 0.1) is 0 Å². The summed E-state index contributed by atoms with van der Waals surface area (Å²) in [5.74, 6) is 0.396. The van der Waals surface area contributed by atoms with Gasteiger partial charge in [-0.2, -0.15) is 0 Å². The van der Waals surface area contributed by atoms with Crippen LogP contribution in [-0.2, 0) is 4.79 Å². The van der Waals surface area contributed by atoms with Crippen molar-refractivity contribution in [3.63, 3.8) is 0 Å². The summed E-state index contributed by atoms with van der Waals surface area (Å²) in [5.41, 5.74) is 0. The molecule has 0 aromatic carbocycles. The summed E-state index contributed by atoms with van der Waals surface area (Å²) in [5, 5.41) is 5.95. The highest BCUT2D eigenvalue weighted by Crippen LogP contribution is 2.20. The fourth-order valence-corrected chi connectivity index (χ4v) is 2.62. The van der Waals surface area contributed by atoms with Crippen molar-refractivity contribution in [1.82, 2.24) is 15.3 Å². The van der Waals surface area contributed by atoms with E-state index in [1.54, 1.807) is 6.20 Å². The summed E-state index contributed by atoms with van der Waals surface area (Å²) in [6.07, 6.45) is 4.63. The second-order valence-electron chi connectivity index (χ2n) is 3.82. The third-order valence-corrected chi connectivity index (χ3v) is 3.50. The highest BCUT2D eigenvalue weighted by atomic mass is 79.9. The summed E-state index contributed by atoms with van der Waals surface area (Å²) in [4.78, 5) is 20.1. The molecule has 5 nitrogen and oxygen atoms in total. The van der Waals surface area contributed by atoms with Crippen LogP contribution in [0.5, 0.6) is 0 Å². The molecule has 2 N–H and O–H groups in total. The van der Waals surface area contributed by atoms with E-state index in [0.717, 1.165) is 25.8 Å². The molecule has 1 aliphatic rings. The van der Waals surface area contributed by atoms with Gasteiger partial charge in [-0.1, -0.05) is 6.42 Å². The van der Waals surface area contributed by atoms with Gasteiger partial charge in [-0.15, -0.1) is 0 Å². The monoisotopic (exact) mass is 362 g/mol. The zero-order valence-electron chi connectivity index (χ0n) is 9.04. The highest BCUT2D eigenvalue weighted by Gasteiger charge is 2.21. The fourth-order valence-electron chi connectivity index (χ4n) is 1.71.